The van der Waals surface area contributed by atoms with E-state index in [1.54, 1.807) is 12.2 Å². The average Bonchev–Trinajstić information content (AvgIpc) is 2.21. The molecule has 0 amide bonds. The van der Waals surface area contributed by atoms with Gasteiger partial charge in [0.1, 0.15) is 0 Å². The molecular weight excluding hydrogens is 187 g/mol. The summed E-state index contributed by atoms with van der Waals surface area (Å²) >= 11 is 0. The Balaban J connectivity index is 3.02. The van der Waals surface area contributed by atoms with Crippen molar-refractivity contribution in [3.8, 4) is 0 Å². The Morgan fingerprint density at radius 2 is 1.80 bits per heavy atom. The fraction of sp³-hybridized carbons (Fsp3) is 0.143. The zero-order chi connectivity index (χ0) is 11.3. The largest absolute Gasteiger partial charge is 0.212 e. The Hall–Kier alpha value is -1.63. The maximum atomic E-state index is 12.6. The Kier molecular flexibility index (Phi) is 4.04. The van der Waals surface area contributed by atoms with E-state index in [9.17, 15) is 4.39 Å². The van der Waals surface area contributed by atoms with Crippen molar-refractivity contribution < 1.29 is 4.39 Å². The maximum Gasteiger partial charge on any atom is 0.0968 e. The van der Waals surface area contributed by atoms with Gasteiger partial charge in [-0.25, -0.2) is 4.39 Å². The number of hydrogen-bond acceptors (Lipinski definition) is 0. The van der Waals surface area contributed by atoms with Gasteiger partial charge < -0.3 is 0 Å². The lowest BCUT2D eigenvalue weighted by Crippen LogP contribution is -1.80. The SMILES string of the molecule is C=C/C(=C\C=C(/C)F)c1ccc(C)cc1. The molecule has 0 nitrogen and oxygen atoms in total. The highest BCUT2D eigenvalue weighted by atomic mass is 19.1. The van der Waals surface area contributed by atoms with Gasteiger partial charge in [0.15, 0.2) is 0 Å². The molecule has 1 aromatic carbocycles. The van der Waals surface area contributed by atoms with Gasteiger partial charge in [-0.2, -0.15) is 0 Å². The first-order valence-corrected chi connectivity index (χ1v) is 4.87. The van der Waals surface area contributed by atoms with Crippen molar-refractivity contribution in [1.29, 1.82) is 0 Å². The van der Waals surface area contributed by atoms with Gasteiger partial charge in [-0.3, -0.25) is 0 Å². The second-order valence-corrected chi connectivity index (χ2v) is 3.45. The number of aryl methyl sites for hydroxylation is 1. The number of rotatable bonds is 3. The lowest BCUT2D eigenvalue weighted by Gasteiger charge is -2.01. The van der Waals surface area contributed by atoms with Crippen molar-refractivity contribution in [1.82, 2.24) is 0 Å². The molecule has 0 N–H and O–H groups in total. The van der Waals surface area contributed by atoms with Gasteiger partial charge in [-0.05, 0) is 31.1 Å². The molecule has 0 bridgehead atoms. The summed E-state index contributed by atoms with van der Waals surface area (Å²) in [6.07, 6.45) is 4.90. The van der Waals surface area contributed by atoms with Crippen LogP contribution in [0.2, 0.25) is 0 Å². The molecule has 1 rings (SSSR count). The summed E-state index contributed by atoms with van der Waals surface area (Å²) in [6, 6.07) is 8.06. The van der Waals surface area contributed by atoms with Gasteiger partial charge in [-0.15, -0.1) is 0 Å². The normalized spacial score (nSPS) is 12.7. The molecule has 15 heavy (non-hydrogen) atoms. The monoisotopic (exact) mass is 202 g/mol. The molecular formula is C14H15F. The molecule has 0 radical (unpaired) electrons. The van der Waals surface area contributed by atoms with E-state index < -0.39 is 0 Å². The molecule has 1 heteroatoms. The maximum absolute atomic E-state index is 12.6. The lowest BCUT2D eigenvalue weighted by molar-refractivity contribution is 0.641. The highest BCUT2D eigenvalue weighted by molar-refractivity contribution is 5.74. The molecule has 0 saturated carbocycles. The molecule has 0 aliphatic carbocycles. The van der Waals surface area contributed by atoms with Crippen LogP contribution < -0.4 is 0 Å². The van der Waals surface area contributed by atoms with Crippen LogP contribution in [0.5, 0.6) is 0 Å². The predicted molar refractivity (Wildman–Crippen MR) is 64.2 cm³/mol. The third-order valence-corrected chi connectivity index (χ3v) is 2.10. The van der Waals surface area contributed by atoms with E-state index in [0.717, 1.165) is 11.1 Å². The summed E-state index contributed by atoms with van der Waals surface area (Å²) in [5, 5.41) is 0. The first-order chi connectivity index (χ1) is 7.13. The first kappa shape index (κ1) is 11.4. The summed E-state index contributed by atoms with van der Waals surface area (Å²) in [4.78, 5) is 0. The Morgan fingerprint density at radius 3 is 2.27 bits per heavy atom. The van der Waals surface area contributed by atoms with Crippen molar-refractivity contribution in [3.63, 3.8) is 0 Å². The molecule has 78 valence electrons. The smallest absolute Gasteiger partial charge is 0.0968 e. The van der Waals surface area contributed by atoms with Gasteiger partial charge in [-0.1, -0.05) is 48.6 Å². The van der Waals surface area contributed by atoms with Crippen molar-refractivity contribution in [3.05, 3.63) is 66.0 Å². The average molecular weight is 202 g/mol. The van der Waals surface area contributed by atoms with Crippen LogP contribution >= 0.6 is 0 Å². The number of benzene rings is 1. The van der Waals surface area contributed by atoms with E-state index >= 15 is 0 Å². The van der Waals surface area contributed by atoms with Crippen LogP contribution in [0.3, 0.4) is 0 Å². The Bertz CT molecular complexity index is 390. The van der Waals surface area contributed by atoms with Gasteiger partial charge in [0, 0.05) is 0 Å². The van der Waals surface area contributed by atoms with Crippen molar-refractivity contribution in [2.45, 2.75) is 13.8 Å². The quantitative estimate of drug-likeness (QED) is 0.636. The van der Waals surface area contributed by atoms with Crippen molar-refractivity contribution in [2.24, 2.45) is 0 Å². The van der Waals surface area contributed by atoms with Gasteiger partial charge in [0.2, 0.25) is 0 Å². The summed E-state index contributed by atoms with van der Waals surface area (Å²) < 4.78 is 12.6. The molecule has 0 heterocycles. The van der Waals surface area contributed by atoms with E-state index in [2.05, 4.69) is 6.58 Å². The molecule has 0 saturated heterocycles. The fourth-order valence-corrected chi connectivity index (χ4v) is 1.23. The first-order valence-electron chi connectivity index (χ1n) is 4.87. The topological polar surface area (TPSA) is 0 Å². The molecule has 0 atom stereocenters. The third kappa shape index (κ3) is 3.55. The zero-order valence-corrected chi connectivity index (χ0v) is 9.13. The molecule has 0 unspecified atom stereocenters. The number of hydrogen-bond donors (Lipinski definition) is 0. The van der Waals surface area contributed by atoms with E-state index in [-0.39, 0.29) is 5.83 Å². The molecule has 0 aromatic heterocycles. The van der Waals surface area contributed by atoms with Gasteiger partial charge in [0.05, 0.1) is 5.83 Å². The van der Waals surface area contributed by atoms with Crippen LogP contribution in [0, 0.1) is 6.92 Å². The second-order valence-electron chi connectivity index (χ2n) is 3.45. The summed E-state index contributed by atoms with van der Waals surface area (Å²) in [7, 11) is 0. The second kappa shape index (κ2) is 5.30. The summed E-state index contributed by atoms with van der Waals surface area (Å²) in [5.74, 6) is -0.207. The minimum atomic E-state index is -0.207. The Labute approximate surface area is 90.4 Å². The van der Waals surface area contributed by atoms with Crippen LogP contribution in [-0.4, -0.2) is 0 Å². The minimum absolute atomic E-state index is 0.207. The van der Waals surface area contributed by atoms with E-state index in [0.29, 0.717) is 0 Å². The van der Waals surface area contributed by atoms with E-state index in [1.165, 1.54) is 18.6 Å². The zero-order valence-electron chi connectivity index (χ0n) is 9.13. The summed E-state index contributed by atoms with van der Waals surface area (Å²) in [5.41, 5.74) is 3.18. The standard InChI is InChI=1S/C14H15F/c1-4-13(10-7-12(3)15)14-8-5-11(2)6-9-14/h4-10H,1H2,2-3H3/b12-7+,13-10+. The molecule has 0 fully saturated rings. The molecule has 0 spiro atoms. The highest BCUT2D eigenvalue weighted by Crippen LogP contribution is 2.16. The van der Waals surface area contributed by atoms with Crippen molar-refractivity contribution >= 4 is 5.57 Å². The molecule has 0 aliphatic rings. The van der Waals surface area contributed by atoms with Crippen LogP contribution in [0.4, 0.5) is 4.39 Å². The van der Waals surface area contributed by atoms with Gasteiger partial charge >= 0.3 is 0 Å². The minimum Gasteiger partial charge on any atom is -0.212 e. The van der Waals surface area contributed by atoms with Crippen LogP contribution in [0.25, 0.3) is 5.57 Å². The molecule has 1 aromatic rings. The highest BCUT2D eigenvalue weighted by Gasteiger charge is 1.95. The van der Waals surface area contributed by atoms with Crippen molar-refractivity contribution in [2.75, 3.05) is 0 Å². The van der Waals surface area contributed by atoms with Crippen LogP contribution in [0.1, 0.15) is 18.1 Å². The number of allylic oxidation sites excluding steroid dienone is 5. The predicted octanol–water partition coefficient (Wildman–Crippen LogP) is 4.44. The van der Waals surface area contributed by atoms with E-state index in [4.69, 9.17) is 0 Å². The third-order valence-electron chi connectivity index (χ3n) is 2.10. The number of halogens is 1. The summed E-state index contributed by atoms with van der Waals surface area (Å²) in [6.45, 7) is 7.18. The Morgan fingerprint density at radius 1 is 1.20 bits per heavy atom. The lowest BCUT2D eigenvalue weighted by atomic mass is 10.0. The van der Waals surface area contributed by atoms with Crippen LogP contribution in [0.15, 0.2) is 54.9 Å². The molecule has 0 aliphatic heterocycles. The fourth-order valence-electron chi connectivity index (χ4n) is 1.23. The van der Waals surface area contributed by atoms with Crippen LogP contribution in [-0.2, 0) is 0 Å². The van der Waals surface area contributed by atoms with E-state index in [1.807, 2.05) is 31.2 Å². The van der Waals surface area contributed by atoms with Gasteiger partial charge in [0.25, 0.3) is 0 Å².